The smallest absolute Gasteiger partial charge is 0.407 e. The molecule has 4 rings (SSSR count). The molecular formula is C28H27NO6. The molecule has 0 bridgehead atoms. The maximum atomic E-state index is 12.6. The molecule has 0 saturated heterocycles. The third kappa shape index (κ3) is 5.35. The minimum Gasteiger partial charge on any atom is -0.480 e. The molecule has 7 heteroatoms. The van der Waals surface area contributed by atoms with Gasteiger partial charge in [-0.3, -0.25) is 4.79 Å². The highest BCUT2D eigenvalue weighted by atomic mass is 16.6. The van der Waals surface area contributed by atoms with Crippen LogP contribution in [-0.2, 0) is 25.7 Å². The van der Waals surface area contributed by atoms with Crippen molar-refractivity contribution in [2.24, 2.45) is 5.92 Å². The van der Waals surface area contributed by atoms with E-state index in [0.717, 1.165) is 27.8 Å². The Morgan fingerprint density at radius 2 is 1.43 bits per heavy atom. The number of carbonyl (C=O) groups excluding carboxylic acids is 2. The van der Waals surface area contributed by atoms with Crippen LogP contribution < -0.4 is 5.32 Å². The van der Waals surface area contributed by atoms with Gasteiger partial charge in [0, 0.05) is 5.92 Å². The number of esters is 1. The average molecular weight is 474 g/mol. The minimum atomic E-state index is -1.47. The summed E-state index contributed by atoms with van der Waals surface area (Å²) in [7, 11) is 0. The maximum Gasteiger partial charge on any atom is 0.407 e. The van der Waals surface area contributed by atoms with Gasteiger partial charge in [0.05, 0.1) is 5.92 Å². The number of ether oxygens (including phenoxy) is 2. The first-order valence-corrected chi connectivity index (χ1v) is 11.5. The zero-order valence-corrected chi connectivity index (χ0v) is 19.3. The number of rotatable bonds is 9. The van der Waals surface area contributed by atoms with E-state index in [4.69, 9.17) is 9.47 Å². The van der Waals surface area contributed by atoms with E-state index in [2.05, 4.69) is 5.32 Å². The second-order valence-corrected chi connectivity index (χ2v) is 8.39. The highest BCUT2D eigenvalue weighted by molar-refractivity contribution is 5.87. The van der Waals surface area contributed by atoms with Gasteiger partial charge < -0.3 is 19.9 Å². The van der Waals surface area contributed by atoms with Crippen LogP contribution in [-0.4, -0.2) is 35.8 Å². The summed E-state index contributed by atoms with van der Waals surface area (Å²) in [6, 6.07) is 23.5. The van der Waals surface area contributed by atoms with Crippen molar-refractivity contribution in [3.05, 3.63) is 95.6 Å². The number of carbonyl (C=O) groups is 3. The lowest BCUT2D eigenvalue weighted by Crippen LogP contribution is -2.49. The summed E-state index contributed by atoms with van der Waals surface area (Å²) >= 11 is 0. The molecule has 0 saturated carbocycles. The van der Waals surface area contributed by atoms with E-state index in [9.17, 15) is 19.5 Å². The van der Waals surface area contributed by atoms with E-state index in [0.29, 0.717) is 0 Å². The molecule has 2 atom stereocenters. The van der Waals surface area contributed by atoms with Crippen molar-refractivity contribution in [2.45, 2.75) is 31.9 Å². The summed E-state index contributed by atoms with van der Waals surface area (Å²) in [5.74, 6) is -3.24. The quantitative estimate of drug-likeness (QED) is 0.435. The van der Waals surface area contributed by atoms with Crippen molar-refractivity contribution < 1.29 is 29.0 Å². The first kappa shape index (κ1) is 24.0. The molecule has 180 valence electrons. The molecule has 0 radical (unpaired) electrons. The highest BCUT2D eigenvalue weighted by Crippen LogP contribution is 2.44. The standard InChI is InChI=1S/C28H27NO6/c1-2-19(27(32)34-16-18-10-4-3-5-11-18)25(26(30)31)29-28(33)35-17-24-22-14-8-6-12-20(22)21-13-7-9-15-23(21)24/h3-15,19,24-25H,2,16-17H2,1H3,(H,29,33)(H,30,31)/t19?,25-/m0/s1. The fraction of sp³-hybridized carbons (Fsp3) is 0.250. The van der Waals surface area contributed by atoms with E-state index < -0.39 is 30.0 Å². The van der Waals surface area contributed by atoms with Crippen LogP contribution in [0.1, 0.15) is 36.0 Å². The maximum absolute atomic E-state index is 12.6. The molecule has 3 aromatic rings. The van der Waals surface area contributed by atoms with Crippen LogP contribution in [0.3, 0.4) is 0 Å². The second kappa shape index (κ2) is 10.9. The normalized spacial score (nSPS) is 13.7. The molecule has 1 aliphatic carbocycles. The summed E-state index contributed by atoms with van der Waals surface area (Å²) in [4.78, 5) is 37.2. The Hall–Kier alpha value is -4.13. The van der Waals surface area contributed by atoms with Gasteiger partial charge in [-0.05, 0) is 34.2 Å². The third-order valence-corrected chi connectivity index (χ3v) is 6.25. The predicted octanol–water partition coefficient (Wildman–Crippen LogP) is 4.75. The molecule has 0 aliphatic heterocycles. The predicted molar refractivity (Wildman–Crippen MR) is 130 cm³/mol. The van der Waals surface area contributed by atoms with Crippen LogP contribution in [0, 0.1) is 5.92 Å². The Kier molecular flexibility index (Phi) is 7.45. The topological polar surface area (TPSA) is 102 Å². The van der Waals surface area contributed by atoms with Crippen molar-refractivity contribution in [2.75, 3.05) is 6.61 Å². The Balaban J connectivity index is 1.40. The number of alkyl carbamates (subject to hydrolysis) is 1. The van der Waals surface area contributed by atoms with Crippen molar-refractivity contribution in [1.29, 1.82) is 0 Å². The second-order valence-electron chi connectivity index (χ2n) is 8.39. The summed E-state index contributed by atoms with van der Waals surface area (Å²) in [5.41, 5.74) is 5.06. The van der Waals surface area contributed by atoms with Gasteiger partial charge >= 0.3 is 18.0 Å². The van der Waals surface area contributed by atoms with Gasteiger partial charge in [-0.1, -0.05) is 85.8 Å². The number of carboxylic acids is 1. The number of nitrogens with one attached hydrogen (secondary N) is 1. The van der Waals surface area contributed by atoms with Crippen LogP contribution >= 0.6 is 0 Å². The van der Waals surface area contributed by atoms with E-state index in [1.807, 2.05) is 66.7 Å². The van der Waals surface area contributed by atoms with Crippen LogP contribution in [0.2, 0.25) is 0 Å². The van der Waals surface area contributed by atoms with Crippen molar-refractivity contribution in [1.82, 2.24) is 5.32 Å². The van der Waals surface area contributed by atoms with Gasteiger partial charge in [-0.2, -0.15) is 0 Å². The van der Waals surface area contributed by atoms with Crippen molar-refractivity contribution >= 4 is 18.0 Å². The lowest BCUT2D eigenvalue weighted by Gasteiger charge is -2.23. The minimum absolute atomic E-state index is 0.0213. The molecule has 7 nitrogen and oxygen atoms in total. The fourth-order valence-corrected chi connectivity index (χ4v) is 4.48. The zero-order valence-electron chi connectivity index (χ0n) is 19.3. The monoisotopic (exact) mass is 473 g/mol. The van der Waals surface area contributed by atoms with E-state index in [-0.39, 0.29) is 25.6 Å². The Morgan fingerprint density at radius 3 is 2.00 bits per heavy atom. The Bertz CT molecular complexity index is 1160. The molecule has 3 aromatic carbocycles. The van der Waals surface area contributed by atoms with Gasteiger partial charge in [0.2, 0.25) is 0 Å². The molecular weight excluding hydrogens is 446 g/mol. The number of hydrogen-bond donors (Lipinski definition) is 2. The zero-order chi connectivity index (χ0) is 24.8. The van der Waals surface area contributed by atoms with Gasteiger partial charge in [-0.25, -0.2) is 9.59 Å². The lowest BCUT2D eigenvalue weighted by atomic mass is 9.97. The highest BCUT2D eigenvalue weighted by Gasteiger charge is 2.36. The summed E-state index contributed by atoms with van der Waals surface area (Å²) in [5, 5.41) is 12.1. The van der Waals surface area contributed by atoms with E-state index in [1.54, 1.807) is 19.1 Å². The van der Waals surface area contributed by atoms with Crippen molar-refractivity contribution in [3.63, 3.8) is 0 Å². The van der Waals surface area contributed by atoms with Crippen LogP contribution in [0.15, 0.2) is 78.9 Å². The molecule has 35 heavy (non-hydrogen) atoms. The molecule has 0 fully saturated rings. The lowest BCUT2D eigenvalue weighted by molar-refractivity contribution is -0.156. The summed E-state index contributed by atoms with van der Waals surface area (Å²) in [6.45, 7) is 1.73. The van der Waals surface area contributed by atoms with Gasteiger partial charge in [0.15, 0.2) is 0 Å². The third-order valence-electron chi connectivity index (χ3n) is 6.25. The Labute approximate surface area is 203 Å². The molecule has 0 heterocycles. The molecule has 1 aliphatic rings. The number of carboxylic acid groups (broad SMARTS) is 1. The van der Waals surface area contributed by atoms with Crippen LogP contribution in [0.4, 0.5) is 4.79 Å². The van der Waals surface area contributed by atoms with E-state index >= 15 is 0 Å². The number of fused-ring (bicyclic) bond motifs is 3. The number of aliphatic carboxylic acids is 1. The molecule has 2 N–H and O–H groups in total. The molecule has 1 unspecified atom stereocenters. The first-order valence-electron chi connectivity index (χ1n) is 11.5. The van der Waals surface area contributed by atoms with E-state index in [1.165, 1.54) is 0 Å². The van der Waals surface area contributed by atoms with Gasteiger partial charge in [0.25, 0.3) is 0 Å². The largest absolute Gasteiger partial charge is 0.480 e. The van der Waals surface area contributed by atoms with Crippen LogP contribution in [0.5, 0.6) is 0 Å². The number of hydrogen-bond acceptors (Lipinski definition) is 5. The molecule has 0 spiro atoms. The molecule has 0 aromatic heterocycles. The number of benzene rings is 3. The fourth-order valence-electron chi connectivity index (χ4n) is 4.48. The Morgan fingerprint density at radius 1 is 0.857 bits per heavy atom. The van der Waals surface area contributed by atoms with Crippen LogP contribution in [0.25, 0.3) is 11.1 Å². The first-order chi connectivity index (χ1) is 17.0. The summed E-state index contributed by atoms with van der Waals surface area (Å²) < 4.78 is 10.8. The summed E-state index contributed by atoms with van der Waals surface area (Å²) in [6.07, 6.45) is -0.720. The number of amides is 1. The van der Waals surface area contributed by atoms with Gasteiger partial charge in [0.1, 0.15) is 19.3 Å². The molecule has 1 amide bonds. The average Bonchev–Trinajstić information content (AvgIpc) is 3.20. The SMILES string of the molecule is CCC(C(=O)OCc1ccccc1)[C@H](NC(=O)OCC1c2ccccc2-c2ccccc21)C(=O)O. The van der Waals surface area contributed by atoms with Gasteiger partial charge in [-0.15, -0.1) is 0 Å². The van der Waals surface area contributed by atoms with Crippen molar-refractivity contribution in [3.8, 4) is 11.1 Å².